The number of hydrogen-bond acceptors (Lipinski definition) is 4. The lowest BCUT2D eigenvalue weighted by Gasteiger charge is -2.40. The zero-order chi connectivity index (χ0) is 17.7. The van der Waals surface area contributed by atoms with Gasteiger partial charge in [0, 0.05) is 41.6 Å². The van der Waals surface area contributed by atoms with Crippen LogP contribution in [0.4, 0.5) is 0 Å². The zero-order valence-corrected chi connectivity index (χ0v) is 14.7. The first kappa shape index (κ1) is 15.6. The molecule has 1 atom stereocenters. The van der Waals surface area contributed by atoms with Crippen molar-refractivity contribution in [3.8, 4) is 0 Å². The molecule has 6 heteroatoms. The molecule has 130 valence electrons. The highest BCUT2D eigenvalue weighted by molar-refractivity contribution is 6.30. The number of hydrogen-bond donors (Lipinski definition) is 0. The van der Waals surface area contributed by atoms with Gasteiger partial charge >= 0.3 is 0 Å². The van der Waals surface area contributed by atoms with Crippen LogP contribution in [0.1, 0.15) is 27.2 Å². The number of amides is 1. The number of furan rings is 1. The third kappa shape index (κ3) is 2.01. The van der Waals surface area contributed by atoms with Crippen molar-refractivity contribution >= 4 is 17.5 Å². The van der Waals surface area contributed by atoms with Crippen LogP contribution in [0.3, 0.4) is 0 Å². The van der Waals surface area contributed by atoms with E-state index >= 15 is 0 Å². The van der Waals surface area contributed by atoms with Gasteiger partial charge in [-0.25, -0.2) is 0 Å². The van der Waals surface area contributed by atoms with Gasteiger partial charge in [-0.05, 0) is 35.9 Å². The van der Waals surface area contributed by atoms with Crippen LogP contribution >= 0.6 is 11.6 Å². The van der Waals surface area contributed by atoms with Gasteiger partial charge in [0.05, 0.1) is 12.8 Å². The smallest absolute Gasteiger partial charge is 0.256 e. The summed E-state index contributed by atoms with van der Waals surface area (Å²) in [4.78, 5) is 21.6. The van der Waals surface area contributed by atoms with E-state index in [1.807, 2.05) is 47.5 Å². The number of nitrogens with zero attached hydrogens (tertiary/aromatic N) is 3. The molecule has 2 aliphatic heterocycles. The van der Waals surface area contributed by atoms with Gasteiger partial charge in [0.25, 0.3) is 5.91 Å². The van der Waals surface area contributed by atoms with Gasteiger partial charge in [0.2, 0.25) is 0 Å². The standard InChI is InChI=1S/C20H16ClN3O2/c21-15-5-3-14(4-6-15)20-18-12-22-8-7-17(18)19(25)24(20)10-9-23(20)13-16-2-1-11-26-16/h1-8,11-12H,9-10,13H2. The molecule has 1 aromatic carbocycles. The van der Waals surface area contributed by atoms with Gasteiger partial charge in [-0.2, -0.15) is 0 Å². The minimum Gasteiger partial charge on any atom is -0.468 e. The molecular weight excluding hydrogens is 350 g/mol. The maximum Gasteiger partial charge on any atom is 0.256 e. The molecule has 0 N–H and O–H groups in total. The molecule has 0 spiro atoms. The highest BCUT2D eigenvalue weighted by Crippen LogP contribution is 2.49. The Morgan fingerprint density at radius 3 is 2.77 bits per heavy atom. The average molecular weight is 366 g/mol. The maximum absolute atomic E-state index is 13.1. The van der Waals surface area contributed by atoms with Crippen molar-refractivity contribution in [3.63, 3.8) is 0 Å². The van der Waals surface area contributed by atoms with Crippen LogP contribution in [-0.2, 0) is 12.2 Å². The quantitative estimate of drug-likeness (QED) is 0.712. The largest absolute Gasteiger partial charge is 0.468 e. The summed E-state index contributed by atoms with van der Waals surface area (Å²) in [6.45, 7) is 2.01. The van der Waals surface area contributed by atoms with Gasteiger partial charge in [0.15, 0.2) is 5.66 Å². The molecule has 3 aromatic rings. The third-order valence-corrected chi connectivity index (χ3v) is 5.54. The fourth-order valence-electron chi connectivity index (χ4n) is 4.24. The van der Waals surface area contributed by atoms with Crippen LogP contribution in [0.15, 0.2) is 65.5 Å². The first-order chi connectivity index (χ1) is 12.7. The van der Waals surface area contributed by atoms with Gasteiger partial charge in [-0.1, -0.05) is 23.7 Å². The number of carbonyl (C=O) groups is 1. The molecule has 0 radical (unpaired) electrons. The second-order valence-corrected chi connectivity index (χ2v) is 6.99. The second kappa shape index (κ2) is 5.69. The van der Waals surface area contributed by atoms with E-state index < -0.39 is 5.66 Å². The fraction of sp³-hybridized carbons (Fsp3) is 0.200. The Morgan fingerprint density at radius 1 is 1.15 bits per heavy atom. The van der Waals surface area contributed by atoms with Crippen molar-refractivity contribution in [2.75, 3.05) is 13.1 Å². The van der Waals surface area contributed by atoms with Crippen LogP contribution in [0.2, 0.25) is 5.02 Å². The molecule has 4 heterocycles. The van der Waals surface area contributed by atoms with E-state index in [1.165, 1.54) is 0 Å². The lowest BCUT2D eigenvalue weighted by atomic mass is 9.91. The molecule has 5 nitrogen and oxygen atoms in total. The Hall–Kier alpha value is -2.63. The van der Waals surface area contributed by atoms with Crippen molar-refractivity contribution in [3.05, 3.63) is 88.6 Å². The normalized spacial score (nSPS) is 21.9. The van der Waals surface area contributed by atoms with E-state index in [1.54, 1.807) is 18.5 Å². The Bertz CT molecular complexity index is 971. The van der Waals surface area contributed by atoms with Crippen LogP contribution in [-0.4, -0.2) is 33.8 Å². The number of halogens is 1. The van der Waals surface area contributed by atoms with E-state index in [0.29, 0.717) is 23.7 Å². The number of rotatable bonds is 3. The monoisotopic (exact) mass is 365 g/mol. The average Bonchev–Trinajstić information content (AvgIpc) is 3.35. The molecule has 2 aliphatic rings. The van der Waals surface area contributed by atoms with Gasteiger partial charge in [0.1, 0.15) is 5.76 Å². The van der Waals surface area contributed by atoms with Crippen molar-refractivity contribution in [1.29, 1.82) is 0 Å². The molecule has 0 saturated carbocycles. The lowest BCUT2D eigenvalue weighted by Crippen LogP contribution is -2.48. The summed E-state index contributed by atoms with van der Waals surface area (Å²) in [7, 11) is 0. The molecule has 0 bridgehead atoms. The lowest BCUT2D eigenvalue weighted by molar-refractivity contribution is 0.0405. The zero-order valence-electron chi connectivity index (χ0n) is 13.9. The van der Waals surface area contributed by atoms with Crippen molar-refractivity contribution in [2.24, 2.45) is 0 Å². The predicted octanol–water partition coefficient (Wildman–Crippen LogP) is 3.50. The number of benzene rings is 1. The second-order valence-electron chi connectivity index (χ2n) is 6.56. The molecular formula is C20H16ClN3O2. The summed E-state index contributed by atoms with van der Waals surface area (Å²) in [6, 6.07) is 13.4. The summed E-state index contributed by atoms with van der Waals surface area (Å²) in [5.74, 6) is 0.907. The van der Waals surface area contributed by atoms with Crippen LogP contribution in [0.5, 0.6) is 0 Å². The predicted molar refractivity (Wildman–Crippen MR) is 96.6 cm³/mol. The van der Waals surface area contributed by atoms with Crippen LogP contribution in [0.25, 0.3) is 0 Å². The molecule has 1 unspecified atom stereocenters. The van der Waals surface area contributed by atoms with Crippen LogP contribution in [0, 0.1) is 0 Å². The van der Waals surface area contributed by atoms with Gasteiger partial charge in [-0.15, -0.1) is 0 Å². The molecule has 5 rings (SSSR count). The Balaban J connectivity index is 1.73. The highest BCUT2D eigenvalue weighted by Gasteiger charge is 2.58. The van der Waals surface area contributed by atoms with Gasteiger partial charge < -0.3 is 9.32 Å². The molecule has 0 aliphatic carbocycles. The van der Waals surface area contributed by atoms with Crippen molar-refractivity contribution < 1.29 is 9.21 Å². The Morgan fingerprint density at radius 2 is 2.00 bits per heavy atom. The molecule has 26 heavy (non-hydrogen) atoms. The number of fused-ring (bicyclic) bond motifs is 3. The van der Waals surface area contributed by atoms with Crippen molar-refractivity contribution in [2.45, 2.75) is 12.2 Å². The highest BCUT2D eigenvalue weighted by atomic mass is 35.5. The SMILES string of the molecule is O=C1c2ccncc2C2(c3ccc(Cl)cc3)N(Cc3ccco3)CCN12. The Labute approximate surface area is 155 Å². The van der Waals surface area contributed by atoms with Crippen LogP contribution < -0.4 is 0 Å². The molecule has 2 aromatic heterocycles. The minimum atomic E-state index is -0.682. The maximum atomic E-state index is 13.1. The van der Waals surface area contributed by atoms with E-state index in [-0.39, 0.29) is 5.91 Å². The first-order valence-electron chi connectivity index (χ1n) is 8.51. The third-order valence-electron chi connectivity index (χ3n) is 5.29. The van der Waals surface area contributed by atoms with Gasteiger partial charge in [-0.3, -0.25) is 14.7 Å². The van der Waals surface area contributed by atoms with E-state index in [4.69, 9.17) is 16.0 Å². The number of pyridine rings is 1. The topological polar surface area (TPSA) is 49.6 Å². The van der Waals surface area contributed by atoms with Crippen molar-refractivity contribution in [1.82, 2.24) is 14.8 Å². The summed E-state index contributed by atoms with van der Waals surface area (Å²) in [6.07, 6.45) is 5.15. The molecule has 1 saturated heterocycles. The fourth-order valence-corrected chi connectivity index (χ4v) is 4.37. The summed E-state index contributed by atoms with van der Waals surface area (Å²) < 4.78 is 5.58. The minimum absolute atomic E-state index is 0.0410. The summed E-state index contributed by atoms with van der Waals surface area (Å²) in [5.41, 5.74) is 1.94. The first-order valence-corrected chi connectivity index (χ1v) is 8.89. The summed E-state index contributed by atoms with van der Waals surface area (Å²) in [5, 5.41) is 0.669. The van der Waals surface area contributed by atoms with E-state index in [0.717, 1.165) is 23.4 Å². The number of aromatic nitrogens is 1. The Kier molecular flexibility index (Phi) is 3.42. The van der Waals surface area contributed by atoms with E-state index in [9.17, 15) is 4.79 Å². The molecule has 1 fully saturated rings. The summed E-state index contributed by atoms with van der Waals surface area (Å²) >= 11 is 6.12. The molecule has 1 amide bonds. The number of carbonyl (C=O) groups excluding carboxylic acids is 1. The van der Waals surface area contributed by atoms with E-state index in [2.05, 4.69) is 9.88 Å².